The smallest absolute Gasteiger partial charge is 0.0602 e. The van der Waals surface area contributed by atoms with E-state index in [1.807, 2.05) is 12.4 Å². The van der Waals surface area contributed by atoms with Gasteiger partial charge in [-0.2, -0.15) is 0 Å². The molecule has 2 aromatic rings. The van der Waals surface area contributed by atoms with Crippen molar-refractivity contribution in [2.45, 2.75) is 26.7 Å². The third kappa shape index (κ3) is 5.65. The van der Waals surface area contributed by atoms with Gasteiger partial charge in [0.15, 0.2) is 0 Å². The van der Waals surface area contributed by atoms with Crippen molar-refractivity contribution in [2.75, 3.05) is 12.3 Å². The molecule has 0 aromatic carbocycles. The van der Waals surface area contributed by atoms with Crippen LogP contribution < -0.4 is 10.9 Å². The van der Waals surface area contributed by atoms with Crippen molar-refractivity contribution in [3.05, 3.63) is 47.8 Å². The summed E-state index contributed by atoms with van der Waals surface area (Å²) in [5.74, 6) is 0. The first kappa shape index (κ1) is 15.5. The average Bonchev–Trinajstić information content (AvgIpc) is 2.43. The molecule has 0 saturated carbocycles. The van der Waals surface area contributed by atoms with Gasteiger partial charge < -0.3 is 0 Å². The molecule has 0 spiro atoms. The molecule has 0 aliphatic rings. The molecule has 2 aromatic heterocycles. The first-order valence-corrected chi connectivity index (χ1v) is 9.48. The van der Waals surface area contributed by atoms with Crippen LogP contribution in [-0.4, -0.2) is 22.3 Å². The van der Waals surface area contributed by atoms with Gasteiger partial charge in [0.1, 0.15) is 0 Å². The number of hydrogen-bond donors (Lipinski definition) is 0. The van der Waals surface area contributed by atoms with Crippen LogP contribution in [-0.2, 0) is 0 Å². The van der Waals surface area contributed by atoms with E-state index < -0.39 is 0 Å². The van der Waals surface area contributed by atoms with Gasteiger partial charge in [0, 0.05) is 12.4 Å². The normalized spacial score (nSPS) is 11.9. The molecule has 2 atom stereocenters. The van der Waals surface area contributed by atoms with Crippen LogP contribution in [0.25, 0.3) is 0 Å². The number of pyridine rings is 2. The first-order valence-electron chi connectivity index (χ1n) is 7.07. The lowest BCUT2D eigenvalue weighted by molar-refractivity contribution is 0.904. The Morgan fingerprint density at radius 2 is 1.25 bits per heavy atom. The van der Waals surface area contributed by atoms with E-state index in [1.165, 1.54) is 47.2 Å². The molecule has 0 aliphatic heterocycles. The molecular weight excluding hydrogens is 282 g/mol. The number of unbranched alkanes of at least 4 members (excludes halogenated alkanes) is 1. The Labute approximate surface area is 125 Å². The third-order valence-corrected chi connectivity index (χ3v) is 5.53. The monoisotopic (exact) mass is 304 g/mol. The quantitative estimate of drug-likeness (QED) is 0.580. The topological polar surface area (TPSA) is 25.8 Å². The fourth-order valence-electron chi connectivity index (χ4n) is 1.95. The van der Waals surface area contributed by atoms with Gasteiger partial charge in [0.05, 0.1) is 10.9 Å². The summed E-state index contributed by atoms with van der Waals surface area (Å²) in [7, 11) is 1.71. The van der Waals surface area contributed by atoms with Crippen molar-refractivity contribution in [1.82, 2.24) is 9.97 Å². The highest BCUT2D eigenvalue weighted by Crippen LogP contribution is 2.16. The Morgan fingerprint density at radius 1 is 0.800 bits per heavy atom. The SMILES string of the molecule is Cc1ccnc(PCCCCPc2cc(C)ccn2)c1. The maximum atomic E-state index is 4.42. The van der Waals surface area contributed by atoms with Crippen LogP contribution in [0, 0.1) is 13.8 Å². The molecule has 0 radical (unpaired) electrons. The summed E-state index contributed by atoms with van der Waals surface area (Å²) < 4.78 is 0. The average molecular weight is 304 g/mol. The van der Waals surface area contributed by atoms with E-state index in [1.54, 1.807) is 0 Å². The van der Waals surface area contributed by atoms with Crippen molar-refractivity contribution < 1.29 is 0 Å². The lowest BCUT2D eigenvalue weighted by Crippen LogP contribution is -2.03. The van der Waals surface area contributed by atoms with E-state index in [9.17, 15) is 0 Å². The maximum Gasteiger partial charge on any atom is 0.0602 e. The molecule has 0 aliphatic carbocycles. The second-order valence-electron chi connectivity index (χ2n) is 5.00. The van der Waals surface area contributed by atoms with Gasteiger partial charge >= 0.3 is 0 Å². The molecule has 0 saturated heterocycles. The highest BCUT2D eigenvalue weighted by molar-refractivity contribution is 7.47. The van der Waals surface area contributed by atoms with Gasteiger partial charge in [-0.1, -0.05) is 17.2 Å². The number of nitrogens with zero attached hydrogens (tertiary/aromatic N) is 2. The minimum absolute atomic E-state index is 0.853. The maximum absolute atomic E-state index is 4.42. The largest absolute Gasteiger partial charge is 0.257 e. The van der Waals surface area contributed by atoms with Gasteiger partial charge in [-0.15, -0.1) is 0 Å². The Kier molecular flexibility index (Phi) is 6.57. The third-order valence-electron chi connectivity index (χ3n) is 3.05. The predicted octanol–water partition coefficient (Wildman–Crippen LogP) is 3.18. The van der Waals surface area contributed by atoms with Crippen molar-refractivity contribution in [1.29, 1.82) is 0 Å². The van der Waals surface area contributed by atoms with Crippen LogP contribution in [0.2, 0.25) is 0 Å². The molecule has 0 N–H and O–H groups in total. The van der Waals surface area contributed by atoms with Crippen molar-refractivity contribution in [3.8, 4) is 0 Å². The molecule has 4 heteroatoms. The van der Waals surface area contributed by atoms with E-state index >= 15 is 0 Å². The predicted molar refractivity (Wildman–Crippen MR) is 92.8 cm³/mol. The fraction of sp³-hybridized carbons (Fsp3) is 0.375. The zero-order chi connectivity index (χ0) is 14.2. The Morgan fingerprint density at radius 3 is 1.65 bits per heavy atom. The molecular formula is C16H22N2P2. The van der Waals surface area contributed by atoms with Gasteiger partial charge in [-0.25, -0.2) is 0 Å². The standard InChI is InChI=1S/C16H22N2P2/c1-13-5-7-17-15(11-13)19-9-3-4-10-20-16-12-14(2)6-8-18-16/h5-8,11-12,19-20H,3-4,9-10H2,1-2H3. The van der Waals surface area contributed by atoms with E-state index in [2.05, 4.69) is 48.1 Å². The molecule has 2 unspecified atom stereocenters. The number of hydrogen-bond acceptors (Lipinski definition) is 2. The van der Waals surface area contributed by atoms with Crippen LogP contribution in [0.1, 0.15) is 24.0 Å². The summed E-state index contributed by atoms with van der Waals surface area (Å²) in [6.07, 6.45) is 8.97. The van der Waals surface area contributed by atoms with Crippen molar-refractivity contribution in [2.24, 2.45) is 0 Å². The molecule has 2 rings (SSSR count). The van der Waals surface area contributed by atoms with Gasteiger partial charge in [-0.3, -0.25) is 9.97 Å². The van der Waals surface area contributed by atoms with Crippen LogP contribution in [0.15, 0.2) is 36.7 Å². The van der Waals surface area contributed by atoms with Gasteiger partial charge in [0.25, 0.3) is 0 Å². The lowest BCUT2D eigenvalue weighted by Gasteiger charge is -2.04. The molecule has 106 valence electrons. The molecule has 20 heavy (non-hydrogen) atoms. The zero-order valence-corrected chi connectivity index (χ0v) is 14.2. The molecule has 0 bridgehead atoms. The Balaban J connectivity index is 1.60. The number of aryl methyl sites for hydroxylation is 2. The summed E-state index contributed by atoms with van der Waals surface area (Å²) in [6, 6.07) is 8.53. The van der Waals surface area contributed by atoms with Crippen LogP contribution >= 0.6 is 17.2 Å². The molecule has 2 nitrogen and oxygen atoms in total. The highest BCUT2D eigenvalue weighted by Gasteiger charge is 1.97. The van der Waals surface area contributed by atoms with Crippen molar-refractivity contribution in [3.63, 3.8) is 0 Å². The van der Waals surface area contributed by atoms with Crippen LogP contribution in [0.3, 0.4) is 0 Å². The second-order valence-corrected chi connectivity index (χ2v) is 7.73. The zero-order valence-electron chi connectivity index (χ0n) is 12.2. The van der Waals surface area contributed by atoms with Crippen molar-refractivity contribution >= 4 is 28.0 Å². The Bertz CT molecular complexity index is 494. The van der Waals surface area contributed by atoms with Gasteiger partial charge in [-0.05, 0) is 74.4 Å². The Hall–Kier alpha value is -0.840. The molecule has 0 fully saturated rings. The number of rotatable bonds is 7. The van der Waals surface area contributed by atoms with Crippen LogP contribution in [0.4, 0.5) is 0 Å². The summed E-state index contributed by atoms with van der Waals surface area (Å²) >= 11 is 0. The summed E-state index contributed by atoms with van der Waals surface area (Å²) in [6.45, 7) is 4.26. The fourth-order valence-corrected chi connectivity index (χ4v) is 4.31. The summed E-state index contributed by atoms with van der Waals surface area (Å²) in [5, 5.41) is 0. The van der Waals surface area contributed by atoms with Crippen LogP contribution in [0.5, 0.6) is 0 Å². The minimum Gasteiger partial charge on any atom is -0.257 e. The van der Waals surface area contributed by atoms with E-state index in [0.29, 0.717) is 0 Å². The summed E-state index contributed by atoms with van der Waals surface area (Å²) in [5.41, 5.74) is 5.14. The second kappa shape index (κ2) is 8.45. The number of aromatic nitrogens is 2. The van der Waals surface area contributed by atoms with Gasteiger partial charge in [0.2, 0.25) is 0 Å². The summed E-state index contributed by atoms with van der Waals surface area (Å²) in [4.78, 5) is 8.84. The molecule has 0 amide bonds. The highest BCUT2D eigenvalue weighted by atomic mass is 31.1. The minimum atomic E-state index is 0.853. The molecule has 2 heterocycles. The first-order chi connectivity index (χ1) is 9.74. The van der Waals surface area contributed by atoms with E-state index in [-0.39, 0.29) is 0 Å². The van der Waals surface area contributed by atoms with E-state index in [4.69, 9.17) is 0 Å². The lowest BCUT2D eigenvalue weighted by atomic mass is 10.3. The van der Waals surface area contributed by atoms with E-state index in [0.717, 1.165) is 17.2 Å².